The maximum Gasteiger partial charge on any atom is 0.279 e. The second kappa shape index (κ2) is 4.76. The Kier molecular flexibility index (Phi) is 2.73. The number of aryl methyl sites for hydroxylation is 1. The highest BCUT2D eigenvalue weighted by Gasteiger charge is 2.49. The number of benzene rings is 1. The van der Waals surface area contributed by atoms with Crippen LogP contribution in [0.5, 0.6) is 0 Å². The van der Waals surface area contributed by atoms with Gasteiger partial charge in [0.1, 0.15) is 23.0 Å². The minimum absolute atomic E-state index is 0.291. The second-order valence-corrected chi connectivity index (χ2v) is 6.30. The summed E-state index contributed by atoms with van der Waals surface area (Å²) < 4.78 is 13.7. The van der Waals surface area contributed by atoms with Crippen LogP contribution in [-0.4, -0.2) is 26.6 Å². The molecule has 1 fully saturated rings. The van der Waals surface area contributed by atoms with E-state index in [-0.39, 0.29) is 0 Å². The summed E-state index contributed by atoms with van der Waals surface area (Å²) in [4.78, 5) is 8.90. The van der Waals surface area contributed by atoms with Crippen molar-refractivity contribution in [3.63, 3.8) is 0 Å². The van der Waals surface area contributed by atoms with Crippen molar-refractivity contribution in [2.45, 2.75) is 25.4 Å². The molecule has 0 amide bonds. The molecule has 0 N–H and O–H groups in total. The normalized spacial score (nSPS) is 15.9. The predicted octanol–water partition coefficient (Wildman–Crippen LogP) is 2.11. The lowest BCUT2D eigenvalue weighted by molar-refractivity contribution is -0.583. The van der Waals surface area contributed by atoms with E-state index >= 15 is 0 Å². The summed E-state index contributed by atoms with van der Waals surface area (Å²) in [5, 5.41) is 16.7. The average Bonchev–Trinajstić information content (AvgIpc) is 3.07. The van der Waals surface area contributed by atoms with Crippen LogP contribution >= 0.6 is 0 Å². The van der Waals surface area contributed by atoms with Gasteiger partial charge in [0.25, 0.3) is 5.89 Å². The molecule has 1 aliphatic carbocycles. The highest BCUT2D eigenvalue weighted by Crippen LogP contribution is 2.47. The third kappa shape index (κ3) is 1.85. The molecule has 1 aromatic carbocycles. The lowest BCUT2D eigenvalue weighted by Gasteiger charge is -2.08. The summed E-state index contributed by atoms with van der Waals surface area (Å²) in [6, 6.07) is 7.39. The first kappa shape index (κ1) is 14.4. The minimum Gasteiger partial charge on any atom is -0.618 e. The third-order valence-corrected chi connectivity index (χ3v) is 4.91. The summed E-state index contributed by atoms with van der Waals surface area (Å²) >= 11 is 0. The van der Waals surface area contributed by atoms with E-state index in [0.29, 0.717) is 34.1 Å². The van der Waals surface area contributed by atoms with Crippen molar-refractivity contribution in [1.82, 2.24) is 19.5 Å². The van der Waals surface area contributed by atoms with Gasteiger partial charge >= 0.3 is 0 Å². The number of fused-ring (bicyclic) bond motifs is 3. The first-order valence-electron chi connectivity index (χ1n) is 8.02. The van der Waals surface area contributed by atoms with E-state index in [4.69, 9.17) is 9.26 Å². The quantitative estimate of drug-likeness (QED) is 0.420. The molecule has 0 saturated heterocycles. The van der Waals surface area contributed by atoms with Crippen molar-refractivity contribution >= 4 is 16.6 Å². The first-order valence-corrected chi connectivity index (χ1v) is 8.02. The number of aromatic nitrogens is 5. The summed E-state index contributed by atoms with van der Waals surface area (Å²) in [7, 11) is 1.64. The first-order chi connectivity index (χ1) is 12.1. The van der Waals surface area contributed by atoms with E-state index in [2.05, 4.69) is 15.1 Å². The molecular weight excluding hydrogens is 322 g/mol. The fourth-order valence-corrected chi connectivity index (χ4v) is 3.29. The van der Waals surface area contributed by atoms with Crippen LogP contribution in [0.3, 0.4) is 0 Å². The van der Waals surface area contributed by atoms with Gasteiger partial charge in [-0.1, -0.05) is 17.3 Å². The van der Waals surface area contributed by atoms with Gasteiger partial charge in [-0.05, 0) is 18.9 Å². The number of methoxy groups -OCH3 is 1. The van der Waals surface area contributed by atoms with Gasteiger partial charge in [-0.3, -0.25) is 4.40 Å². The van der Waals surface area contributed by atoms with Crippen LogP contribution in [0.15, 0.2) is 35.1 Å². The van der Waals surface area contributed by atoms with Crippen molar-refractivity contribution in [3.05, 3.63) is 47.3 Å². The molecule has 8 nitrogen and oxygen atoms in total. The Balaban J connectivity index is 1.76. The van der Waals surface area contributed by atoms with E-state index in [1.54, 1.807) is 26.4 Å². The monoisotopic (exact) mass is 337 g/mol. The number of para-hydroxylation sites is 2. The lowest BCUT2D eigenvalue weighted by atomic mass is 10.2. The van der Waals surface area contributed by atoms with E-state index < -0.39 is 5.60 Å². The fraction of sp³-hybridized carbons (Fsp3) is 0.294. The smallest absolute Gasteiger partial charge is 0.279 e. The van der Waals surface area contributed by atoms with Crippen molar-refractivity contribution < 1.29 is 14.0 Å². The van der Waals surface area contributed by atoms with E-state index in [1.807, 2.05) is 22.6 Å². The van der Waals surface area contributed by atoms with Gasteiger partial charge < -0.3 is 14.5 Å². The Morgan fingerprint density at radius 3 is 2.88 bits per heavy atom. The van der Waals surface area contributed by atoms with Crippen LogP contribution in [0.4, 0.5) is 0 Å². The number of ether oxygens (including phenoxy) is 1. The Morgan fingerprint density at radius 2 is 2.12 bits per heavy atom. The molecule has 0 bridgehead atoms. The summed E-state index contributed by atoms with van der Waals surface area (Å²) in [6.07, 6.45) is 3.42. The maximum absolute atomic E-state index is 12.6. The maximum atomic E-state index is 12.6. The molecule has 0 radical (unpaired) electrons. The van der Waals surface area contributed by atoms with Crippen LogP contribution in [-0.2, 0) is 10.3 Å². The molecule has 4 aromatic rings. The van der Waals surface area contributed by atoms with E-state index in [1.165, 1.54) is 0 Å². The van der Waals surface area contributed by atoms with Gasteiger partial charge in [0.15, 0.2) is 5.69 Å². The van der Waals surface area contributed by atoms with Gasteiger partial charge in [0.2, 0.25) is 17.0 Å². The standard InChI is InChI=1S/C17H15N5O3/c1-10-14-13(15-19-16(20-25-15)17(24-2)7-8-17)18-9-21(14)11-5-3-4-6-12(11)22(10)23/h3-6,9H,7-8H2,1-2H3. The summed E-state index contributed by atoms with van der Waals surface area (Å²) in [6.45, 7) is 1.76. The predicted molar refractivity (Wildman–Crippen MR) is 87.6 cm³/mol. The Morgan fingerprint density at radius 1 is 1.32 bits per heavy atom. The lowest BCUT2D eigenvalue weighted by Crippen LogP contribution is -2.32. The number of hydrogen-bond donors (Lipinski definition) is 0. The molecule has 0 spiro atoms. The average molecular weight is 337 g/mol. The largest absolute Gasteiger partial charge is 0.618 e. The number of nitrogens with zero attached hydrogens (tertiary/aromatic N) is 5. The number of rotatable bonds is 3. The van der Waals surface area contributed by atoms with Gasteiger partial charge in [-0.25, -0.2) is 4.98 Å². The zero-order chi connectivity index (χ0) is 17.2. The molecule has 25 heavy (non-hydrogen) atoms. The zero-order valence-electron chi connectivity index (χ0n) is 13.8. The highest BCUT2D eigenvalue weighted by molar-refractivity contribution is 5.82. The van der Waals surface area contributed by atoms with Crippen molar-refractivity contribution in [3.8, 4) is 11.6 Å². The molecule has 126 valence electrons. The Hall–Kier alpha value is -3.00. The van der Waals surface area contributed by atoms with Crippen LogP contribution in [0.25, 0.3) is 28.1 Å². The molecular formula is C17H15N5O3. The third-order valence-electron chi connectivity index (χ3n) is 4.91. The molecule has 0 atom stereocenters. The summed E-state index contributed by atoms with van der Waals surface area (Å²) in [5.74, 6) is 0.818. The second-order valence-electron chi connectivity index (χ2n) is 6.30. The van der Waals surface area contributed by atoms with Crippen molar-refractivity contribution in [1.29, 1.82) is 0 Å². The number of hydrogen-bond acceptors (Lipinski definition) is 6. The SMILES string of the molecule is COC1(c2noc(-c3ncn4c3c(C)[n+]([O-])c3ccccc34)n2)CC1. The van der Waals surface area contributed by atoms with Crippen LogP contribution in [0, 0.1) is 12.1 Å². The van der Waals surface area contributed by atoms with E-state index in [9.17, 15) is 5.21 Å². The van der Waals surface area contributed by atoms with Crippen molar-refractivity contribution in [2.24, 2.45) is 0 Å². The molecule has 5 rings (SSSR count). The van der Waals surface area contributed by atoms with Gasteiger partial charge in [-0.2, -0.15) is 9.71 Å². The Bertz CT molecular complexity index is 1130. The van der Waals surface area contributed by atoms with Gasteiger partial charge in [0, 0.05) is 20.1 Å². The van der Waals surface area contributed by atoms with Crippen LogP contribution in [0.2, 0.25) is 0 Å². The molecule has 0 aliphatic heterocycles. The molecule has 3 heterocycles. The molecule has 8 heteroatoms. The minimum atomic E-state index is -0.433. The molecule has 1 saturated carbocycles. The topological polar surface area (TPSA) is 92.4 Å². The number of imidazole rings is 1. The molecule has 3 aromatic heterocycles. The highest BCUT2D eigenvalue weighted by atomic mass is 16.5. The van der Waals surface area contributed by atoms with Gasteiger partial charge in [-0.15, -0.1) is 0 Å². The van der Waals surface area contributed by atoms with Crippen LogP contribution in [0.1, 0.15) is 24.4 Å². The van der Waals surface area contributed by atoms with E-state index in [0.717, 1.165) is 23.1 Å². The molecule has 0 unspecified atom stereocenters. The summed E-state index contributed by atoms with van der Waals surface area (Å²) in [5.41, 5.74) is 2.60. The van der Waals surface area contributed by atoms with Crippen molar-refractivity contribution in [2.75, 3.05) is 7.11 Å². The molecule has 1 aliphatic rings. The van der Waals surface area contributed by atoms with Crippen LogP contribution < -0.4 is 4.73 Å². The van der Waals surface area contributed by atoms with Gasteiger partial charge in [0.05, 0.1) is 0 Å². The fourth-order valence-electron chi connectivity index (χ4n) is 3.29. The zero-order valence-corrected chi connectivity index (χ0v) is 13.8. The Labute approximate surface area is 142 Å².